The molecule has 0 saturated heterocycles. The van der Waals surface area contributed by atoms with Crippen LogP contribution in [0.3, 0.4) is 0 Å². The van der Waals surface area contributed by atoms with Crippen molar-refractivity contribution in [3.8, 4) is 0 Å². The molecule has 0 amide bonds. The fraction of sp³-hybridized carbons (Fsp3) is 0.385. The lowest BCUT2D eigenvalue weighted by molar-refractivity contribution is 1.06. The van der Waals surface area contributed by atoms with Gasteiger partial charge < -0.3 is 4.90 Å². The van der Waals surface area contributed by atoms with Crippen LogP contribution in [0.15, 0.2) is 18.2 Å². The number of nitrogens with zero attached hydrogens (tertiary/aromatic N) is 1. The number of benzene rings is 1. The zero-order valence-corrected chi connectivity index (χ0v) is 8.70. The molecule has 0 aliphatic heterocycles. The third-order valence-corrected chi connectivity index (χ3v) is 3.27. The fourth-order valence-electron chi connectivity index (χ4n) is 2.22. The molecule has 0 aromatic heterocycles. The summed E-state index contributed by atoms with van der Waals surface area (Å²) in [6, 6.07) is 6.74. The predicted molar refractivity (Wildman–Crippen MR) is 60.5 cm³/mol. The standard InChI is InChI=1S/C13H15N/c1-14(2)13-4-3-9-5-10-6-11(10)7-12(9)8-13/h3-5,7-8,10-11H,6H2,1-2H3. The molecule has 2 unspecified atom stereocenters. The van der Waals surface area contributed by atoms with Crippen molar-refractivity contribution in [2.24, 2.45) is 11.8 Å². The lowest BCUT2D eigenvalue weighted by Gasteiger charge is -2.12. The topological polar surface area (TPSA) is 3.24 Å². The molecule has 0 N–H and O–H groups in total. The SMILES string of the molecule is CN(C)c1ccc2c(c1)=CC1CC1C=2. The second kappa shape index (κ2) is 2.63. The van der Waals surface area contributed by atoms with Gasteiger partial charge in [-0.2, -0.15) is 0 Å². The summed E-state index contributed by atoms with van der Waals surface area (Å²) < 4.78 is 0. The highest BCUT2D eigenvalue weighted by Crippen LogP contribution is 2.41. The molecule has 1 saturated carbocycles. The molecule has 1 aromatic carbocycles. The Bertz CT molecular complexity index is 484. The van der Waals surface area contributed by atoms with E-state index in [4.69, 9.17) is 0 Å². The van der Waals surface area contributed by atoms with E-state index in [2.05, 4.69) is 49.3 Å². The van der Waals surface area contributed by atoms with Crippen molar-refractivity contribution in [3.63, 3.8) is 0 Å². The van der Waals surface area contributed by atoms with Gasteiger partial charge in [0.15, 0.2) is 0 Å². The summed E-state index contributed by atoms with van der Waals surface area (Å²) in [5.41, 5.74) is 1.30. The minimum atomic E-state index is 0.847. The lowest BCUT2D eigenvalue weighted by atomic mass is 10.1. The van der Waals surface area contributed by atoms with Crippen LogP contribution in [-0.2, 0) is 0 Å². The van der Waals surface area contributed by atoms with E-state index in [1.165, 1.54) is 22.5 Å². The van der Waals surface area contributed by atoms with Gasteiger partial charge in [-0.3, -0.25) is 0 Å². The molecular weight excluding hydrogens is 170 g/mol. The Kier molecular flexibility index (Phi) is 1.52. The van der Waals surface area contributed by atoms with Gasteiger partial charge in [0.25, 0.3) is 0 Å². The highest BCUT2D eigenvalue weighted by Gasteiger charge is 2.34. The molecule has 2 aliphatic rings. The van der Waals surface area contributed by atoms with Crippen molar-refractivity contribution in [2.75, 3.05) is 19.0 Å². The number of fused-ring (bicyclic) bond motifs is 2. The number of anilines is 1. The van der Waals surface area contributed by atoms with Gasteiger partial charge in [0.2, 0.25) is 0 Å². The molecule has 2 aliphatic carbocycles. The summed E-state index contributed by atoms with van der Waals surface area (Å²) in [6.45, 7) is 0. The number of hydrogen-bond donors (Lipinski definition) is 0. The third kappa shape index (κ3) is 1.16. The van der Waals surface area contributed by atoms with E-state index >= 15 is 0 Å². The maximum absolute atomic E-state index is 2.44. The molecule has 1 nitrogen and oxygen atoms in total. The molecule has 1 heteroatoms. The summed E-state index contributed by atoms with van der Waals surface area (Å²) in [5.74, 6) is 1.70. The Labute approximate surface area is 84.4 Å². The first kappa shape index (κ1) is 8.10. The minimum absolute atomic E-state index is 0.847. The lowest BCUT2D eigenvalue weighted by Crippen LogP contribution is -2.28. The predicted octanol–water partition coefficient (Wildman–Crippen LogP) is 0.963. The van der Waals surface area contributed by atoms with E-state index in [1.807, 2.05) is 0 Å². The minimum Gasteiger partial charge on any atom is -0.378 e. The highest BCUT2D eigenvalue weighted by molar-refractivity contribution is 5.54. The zero-order valence-electron chi connectivity index (χ0n) is 8.70. The average molecular weight is 185 g/mol. The van der Waals surface area contributed by atoms with Crippen molar-refractivity contribution in [2.45, 2.75) is 6.42 Å². The van der Waals surface area contributed by atoms with Crippen LogP contribution in [0.4, 0.5) is 5.69 Å². The van der Waals surface area contributed by atoms with Crippen molar-refractivity contribution in [3.05, 3.63) is 28.6 Å². The molecule has 0 radical (unpaired) electrons. The van der Waals surface area contributed by atoms with Gasteiger partial charge in [-0.15, -0.1) is 0 Å². The zero-order chi connectivity index (χ0) is 9.71. The highest BCUT2D eigenvalue weighted by atomic mass is 15.1. The molecule has 72 valence electrons. The van der Waals surface area contributed by atoms with Crippen LogP contribution < -0.4 is 15.3 Å². The van der Waals surface area contributed by atoms with Gasteiger partial charge in [0, 0.05) is 19.8 Å². The van der Waals surface area contributed by atoms with Crippen LogP contribution in [0.1, 0.15) is 6.42 Å². The van der Waals surface area contributed by atoms with Crippen LogP contribution in [-0.4, -0.2) is 14.1 Å². The summed E-state index contributed by atoms with van der Waals surface area (Å²) in [6.07, 6.45) is 6.23. The van der Waals surface area contributed by atoms with E-state index < -0.39 is 0 Å². The number of hydrogen-bond acceptors (Lipinski definition) is 1. The van der Waals surface area contributed by atoms with E-state index in [0.717, 1.165) is 11.8 Å². The van der Waals surface area contributed by atoms with Gasteiger partial charge in [-0.05, 0) is 40.8 Å². The summed E-state index contributed by atoms with van der Waals surface area (Å²) >= 11 is 0. The molecule has 14 heavy (non-hydrogen) atoms. The monoisotopic (exact) mass is 185 g/mol. The largest absolute Gasteiger partial charge is 0.378 e. The number of rotatable bonds is 1. The van der Waals surface area contributed by atoms with Crippen LogP contribution in [0, 0.1) is 11.8 Å². The first-order chi connectivity index (χ1) is 6.74. The second-order valence-electron chi connectivity index (χ2n) is 4.60. The first-order valence-electron chi connectivity index (χ1n) is 5.25. The molecule has 2 atom stereocenters. The summed E-state index contributed by atoms with van der Waals surface area (Å²) in [7, 11) is 4.18. The quantitative estimate of drug-likeness (QED) is 0.630. The molecular formula is C13H15N. The van der Waals surface area contributed by atoms with Gasteiger partial charge in [-0.25, -0.2) is 0 Å². The molecule has 1 fully saturated rings. The van der Waals surface area contributed by atoms with Crippen molar-refractivity contribution >= 4 is 17.8 Å². The fourth-order valence-corrected chi connectivity index (χ4v) is 2.22. The Hall–Kier alpha value is -1.24. The van der Waals surface area contributed by atoms with Crippen molar-refractivity contribution < 1.29 is 0 Å². The van der Waals surface area contributed by atoms with Crippen LogP contribution in [0.25, 0.3) is 12.2 Å². The van der Waals surface area contributed by atoms with Gasteiger partial charge in [0.05, 0.1) is 0 Å². The van der Waals surface area contributed by atoms with Gasteiger partial charge in [-0.1, -0.05) is 18.2 Å². The second-order valence-corrected chi connectivity index (χ2v) is 4.60. The summed E-state index contributed by atoms with van der Waals surface area (Å²) in [4.78, 5) is 2.16. The Morgan fingerprint density at radius 3 is 2.50 bits per heavy atom. The average Bonchev–Trinajstić information content (AvgIpc) is 2.90. The third-order valence-electron chi connectivity index (χ3n) is 3.27. The van der Waals surface area contributed by atoms with Crippen LogP contribution in [0.5, 0.6) is 0 Å². The maximum atomic E-state index is 2.44. The van der Waals surface area contributed by atoms with E-state index in [1.54, 1.807) is 0 Å². The molecule has 1 aromatic rings. The van der Waals surface area contributed by atoms with Crippen molar-refractivity contribution in [1.29, 1.82) is 0 Å². The Morgan fingerprint density at radius 1 is 1.07 bits per heavy atom. The van der Waals surface area contributed by atoms with Crippen LogP contribution in [0.2, 0.25) is 0 Å². The smallest absolute Gasteiger partial charge is 0.0367 e. The summed E-state index contributed by atoms with van der Waals surface area (Å²) in [5, 5.41) is 2.85. The first-order valence-corrected chi connectivity index (χ1v) is 5.25. The van der Waals surface area contributed by atoms with E-state index in [-0.39, 0.29) is 0 Å². The normalized spacial score (nSPS) is 26.7. The molecule has 0 bridgehead atoms. The molecule has 0 heterocycles. The van der Waals surface area contributed by atoms with E-state index in [9.17, 15) is 0 Å². The van der Waals surface area contributed by atoms with Gasteiger partial charge in [0.1, 0.15) is 0 Å². The van der Waals surface area contributed by atoms with Crippen LogP contribution >= 0.6 is 0 Å². The Balaban J connectivity index is 2.20. The Morgan fingerprint density at radius 2 is 1.79 bits per heavy atom. The molecule has 3 rings (SSSR count). The van der Waals surface area contributed by atoms with Gasteiger partial charge >= 0.3 is 0 Å². The maximum Gasteiger partial charge on any atom is 0.0367 e. The van der Waals surface area contributed by atoms with Crippen molar-refractivity contribution in [1.82, 2.24) is 0 Å². The molecule has 0 spiro atoms. The van der Waals surface area contributed by atoms with E-state index in [0.29, 0.717) is 0 Å².